The molecule has 2 rings (SSSR count). The molecule has 0 bridgehead atoms. The standard InChI is InChI=1S/C18H24FNO4/c1-2-15(12-3-5-14(19)6-4-12)17(21)20-11-16(18(22)23)13-7-9-24-10-8-13/h3-6,13,15-16H,2,7-11H2,1H3,(H,20,21)(H,22,23). The Balaban J connectivity index is 1.98. The quantitative estimate of drug-likeness (QED) is 0.802. The van der Waals surface area contributed by atoms with Crippen molar-refractivity contribution < 1.29 is 23.8 Å². The van der Waals surface area contributed by atoms with E-state index in [2.05, 4.69) is 5.32 Å². The van der Waals surface area contributed by atoms with Crippen LogP contribution in [-0.4, -0.2) is 36.7 Å². The van der Waals surface area contributed by atoms with Crippen LogP contribution >= 0.6 is 0 Å². The largest absolute Gasteiger partial charge is 0.481 e. The Bertz CT molecular complexity index is 555. The maximum Gasteiger partial charge on any atom is 0.308 e. The van der Waals surface area contributed by atoms with E-state index in [9.17, 15) is 19.1 Å². The SMILES string of the molecule is CCC(C(=O)NCC(C(=O)O)C1CCOCC1)c1ccc(F)cc1. The lowest BCUT2D eigenvalue weighted by molar-refractivity contribution is -0.145. The molecule has 0 saturated carbocycles. The summed E-state index contributed by atoms with van der Waals surface area (Å²) in [7, 11) is 0. The third-order valence-electron chi connectivity index (χ3n) is 4.65. The van der Waals surface area contributed by atoms with Gasteiger partial charge in [-0.25, -0.2) is 4.39 Å². The van der Waals surface area contributed by atoms with E-state index in [1.807, 2.05) is 6.92 Å². The summed E-state index contributed by atoms with van der Waals surface area (Å²) < 4.78 is 18.3. The summed E-state index contributed by atoms with van der Waals surface area (Å²) >= 11 is 0. The molecule has 2 N–H and O–H groups in total. The number of carboxylic acids is 1. The molecule has 1 aromatic rings. The average molecular weight is 337 g/mol. The van der Waals surface area contributed by atoms with E-state index in [1.54, 1.807) is 12.1 Å². The van der Waals surface area contributed by atoms with Crippen LogP contribution in [0.3, 0.4) is 0 Å². The average Bonchev–Trinajstić information content (AvgIpc) is 2.58. The molecule has 1 aliphatic heterocycles. The number of aliphatic carboxylic acids is 1. The van der Waals surface area contributed by atoms with Crippen LogP contribution in [0.2, 0.25) is 0 Å². The Morgan fingerprint density at radius 3 is 2.46 bits per heavy atom. The van der Waals surface area contributed by atoms with Crippen LogP contribution in [0.1, 0.15) is 37.7 Å². The molecule has 6 heteroatoms. The fourth-order valence-electron chi connectivity index (χ4n) is 3.18. The summed E-state index contributed by atoms with van der Waals surface area (Å²) in [5, 5.41) is 12.2. The van der Waals surface area contributed by atoms with Gasteiger partial charge >= 0.3 is 5.97 Å². The number of carbonyl (C=O) groups excluding carboxylic acids is 1. The molecule has 24 heavy (non-hydrogen) atoms. The topological polar surface area (TPSA) is 75.6 Å². The van der Waals surface area contributed by atoms with Crippen LogP contribution in [0.4, 0.5) is 4.39 Å². The molecule has 1 amide bonds. The van der Waals surface area contributed by atoms with Gasteiger partial charge in [-0.3, -0.25) is 9.59 Å². The highest BCUT2D eigenvalue weighted by Gasteiger charge is 2.30. The molecule has 5 nitrogen and oxygen atoms in total. The fraction of sp³-hybridized carbons (Fsp3) is 0.556. The van der Waals surface area contributed by atoms with E-state index in [-0.39, 0.29) is 24.2 Å². The molecule has 2 unspecified atom stereocenters. The van der Waals surface area contributed by atoms with Gasteiger partial charge in [0.2, 0.25) is 5.91 Å². The number of nitrogens with one attached hydrogen (secondary N) is 1. The molecule has 1 aromatic carbocycles. The van der Waals surface area contributed by atoms with Crippen molar-refractivity contribution in [1.29, 1.82) is 0 Å². The van der Waals surface area contributed by atoms with E-state index >= 15 is 0 Å². The molecule has 0 aliphatic carbocycles. The Labute approximate surface area is 141 Å². The summed E-state index contributed by atoms with van der Waals surface area (Å²) in [6, 6.07) is 5.84. The highest BCUT2D eigenvalue weighted by atomic mass is 19.1. The van der Waals surface area contributed by atoms with E-state index in [0.717, 1.165) is 5.56 Å². The number of amides is 1. The van der Waals surface area contributed by atoms with Gasteiger partial charge in [-0.2, -0.15) is 0 Å². The normalized spacial score (nSPS) is 17.9. The fourth-order valence-corrected chi connectivity index (χ4v) is 3.18. The number of ether oxygens (including phenoxy) is 1. The van der Waals surface area contributed by atoms with Crippen molar-refractivity contribution in [2.24, 2.45) is 11.8 Å². The summed E-state index contributed by atoms with van der Waals surface area (Å²) in [6.07, 6.45) is 1.95. The summed E-state index contributed by atoms with van der Waals surface area (Å²) in [5.41, 5.74) is 0.731. The number of halogens is 1. The Hall–Kier alpha value is -1.95. The summed E-state index contributed by atoms with van der Waals surface area (Å²) in [6.45, 7) is 3.11. The lowest BCUT2D eigenvalue weighted by atomic mass is 9.85. The van der Waals surface area contributed by atoms with Crippen LogP contribution in [0.5, 0.6) is 0 Å². The van der Waals surface area contributed by atoms with Gasteiger partial charge in [-0.1, -0.05) is 19.1 Å². The predicted molar refractivity (Wildman–Crippen MR) is 87.1 cm³/mol. The zero-order valence-electron chi connectivity index (χ0n) is 13.8. The second-order valence-corrected chi connectivity index (χ2v) is 6.15. The molecule has 1 heterocycles. The molecule has 2 atom stereocenters. The minimum absolute atomic E-state index is 0.0162. The predicted octanol–water partition coefficient (Wildman–Crippen LogP) is 2.56. The van der Waals surface area contributed by atoms with Crippen molar-refractivity contribution in [3.8, 4) is 0 Å². The van der Waals surface area contributed by atoms with Crippen molar-refractivity contribution in [3.05, 3.63) is 35.6 Å². The molecule has 132 valence electrons. The molecular weight excluding hydrogens is 313 g/mol. The molecule has 0 radical (unpaired) electrons. The third kappa shape index (κ3) is 4.77. The molecule has 1 saturated heterocycles. The maximum atomic E-state index is 13.0. The lowest BCUT2D eigenvalue weighted by Gasteiger charge is -2.28. The van der Waals surface area contributed by atoms with Crippen molar-refractivity contribution in [1.82, 2.24) is 5.32 Å². The molecular formula is C18H24FNO4. The number of hydrogen-bond acceptors (Lipinski definition) is 3. The zero-order valence-corrected chi connectivity index (χ0v) is 13.8. The van der Waals surface area contributed by atoms with Crippen molar-refractivity contribution >= 4 is 11.9 Å². The second-order valence-electron chi connectivity index (χ2n) is 6.15. The highest BCUT2D eigenvalue weighted by molar-refractivity contribution is 5.84. The van der Waals surface area contributed by atoms with Crippen LogP contribution in [-0.2, 0) is 14.3 Å². The van der Waals surface area contributed by atoms with E-state index in [4.69, 9.17) is 4.74 Å². The maximum absolute atomic E-state index is 13.0. The van der Waals surface area contributed by atoms with Crippen molar-refractivity contribution in [2.75, 3.05) is 19.8 Å². The summed E-state index contributed by atoms with van der Waals surface area (Å²) in [4.78, 5) is 24.0. The number of hydrogen-bond donors (Lipinski definition) is 2. The smallest absolute Gasteiger partial charge is 0.308 e. The minimum Gasteiger partial charge on any atom is -0.481 e. The van der Waals surface area contributed by atoms with Gasteiger partial charge in [0.05, 0.1) is 11.8 Å². The number of rotatable bonds is 7. The van der Waals surface area contributed by atoms with Gasteiger partial charge < -0.3 is 15.2 Å². The molecule has 0 aromatic heterocycles. The van der Waals surface area contributed by atoms with Crippen LogP contribution in [0.25, 0.3) is 0 Å². The van der Waals surface area contributed by atoms with Crippen LogP contribution in [0, 0.1) is 17.7 Å². The van der Waals surface area contributed by atoms with Crippen molar-refractivity contribution in [3.63, 3.8) is 0 Å². The minimum atomic E-state index is -0.892. The van der Waals surface area contributed by atoms with Gasteiger partial charge in [0.1, 0.15) is 5.82 Å². The van der Waals surface area contributed by atoms with Gasteiger partial charge in [-0.15, -0.1) is 0 Å². The number of carboxylic acid groups (broad SMARTS) is 1. The third-order valence-corrected chi connectivity index (χ3v) is 4.65. The Kier molecular flexibility index (Phi) is 6.73. The highest BCUT2D eigenvalue weighted by Crippen LogP contribution is 2.25. The van der Waals surface area contributed by atoms with Gasteiger partial charge in [0.15, 0.2) is 0 Å². The first kappa shape index (κ1) is 18.4. The second kappa shape index (κ2) is 8.78. The molecule has 1 aliphatic rings. The Morgan fingerprint density at radius 1 is 1.29 bits per heavy atom. The first-order chi connectivity index (χ1) is 11.5. The van der Waals surface area contributed by atoms with Crippen molar-refractivity contribution in [2.45, 2.75) is 32.1 Å². The summed E-state index contributed by atoms with van der Waals surface area (Å²) in [5.74, 6) is -2.46. The van der Waals surface area contributed by atoms with Gasteiger partial charge in [0.25, 0.3) is 0 Å². The van der Waals surface area contributed by atoms with E-state index < -0.39 is 17.8 Å². The monoisotopic (exact) mass is 337 g/mol. The first-order valence-corrected chi connectivity index (χ1v) is 8.36. The van der Waals surface area contributed by atoms with Gasteiger partial charge in [0, 0.05) is 19.8 Å². The van der Waals surface area contributed by atoms with Gasteiger partial charge in [-0.05, 0) is 42.9 Å². The van der Waals surface area contributed by atoms with E-state index in [0.29, 0.717) is 32.5 Å². The lowest BCUT2D eigenvalue weighted by Crippen LogP contribution is -2.40. The van der Waals surface area contributed by atoms with Crippen LogP contribution in [0.15, 0.2) is 24.3 Å². The number of carbonyl (C=O) groups is 2. The Morgan fingerprint density at radius 2 is 1.92 bits per heavy atom. The zero-order chi connectivity index (χ0) is 17.5. The van der Waals surface area contributed by atoms with E-state index in [1.165, 1.54) is 12.1 Å². The first-order valence-electron chi connectivity index (χ1n) is 8.36. The molecule has 1 fully saturated rings. The number of benzene rings is 1. The van der Waals surface area contributed by atoms with Crippen LogP contribution < -0.4 is 5.32 Å². The molecule has 0 spiro atoms.